The van der Waals surface area contributed by atoms with Crippen molar-refractivity contribution in [1.29, 1.82) is 0 Å². The minimum absolute atomic E-state index is 0. The van der Waals surface area contributed by atoms with Crippen molar-refractivity contribution in [2.45, 2.75) is 38.8 Å². The molecule has 3 atom stereocenters. The number of pyridine rings is 1. The lowest BCUT2D eigenvalue weighted by Crippen LogP contribution is -2.42. The predicted molar refractivity (Wildman–Crippen MR) is 115 cm³/mol. The van der Waals surface area contributed by atoms with E-state index in [-0.39, 0.29) is 35.8 Å². The molecule has 1 aromatic heterocycles. The van der Waals surface area contributed by atoms with E-state index in [1.807, 2.05) is 6.07 Å². The number of rotatable bonds is 5. The lowest BCUT2D eigenvalue weighted by molar-refractivity contribution is -0.122. The van der Waals surface area contributed by atoms with Crippen LogP contribution in [0.5, 0.6) is 0 Å². The van der Waals surface area contributed by atoms with Crippen molar-refractivity contribution < 1.29 is 4.79 Å². The number of primary amides is 1. The zero-order valence-electron chi connectivity index (χ0n) is 15.4. The Morgan fingerprint density at radius 2 is 2.27 bits per heavy atom. The summed E-state index contributed by atoms with van der Waals surface area (Å²) >= 11 is 0. The van der Waals surface area contributed by atoms with Crippen LogP contribution in [0.15, 0.2) is 23.3 Å². The number of nitrogens with two attached hydrogens (primary N) is 1. The maximum Gasteiger partial charge on any atom is 0.222 e. The van der Waals surface area contributed by atoms with Crippen LogP contribution in [0.4, 0.5) is 5.82 Å². The van der Waals surface area contributed by atoms with Gasteiger partial charge in [0.1, 0.15) is 5.82 Å². The molecule has 2 heterocycles. The van der Waals surface area contributed by atoms with Crippen molar-refractivity contribution in [2.75, 3.05) is 25.0 Å². The largest absolute Gasteiger partial charge is 0.369 e. The zero-order chi connectivity index (χ0) is 17.8. The van der Waals surface area contributed by atoms with Crippen molar-refractivity contribution in [3.8, 4) is 0 Å². The highest BCUT2D eigenvalue weighted by molar-refractivity contribution is 14.0. The number of amides is 1. The summed E-state index contributed by atoms with van der Waals surface area (Å²) in [6.07, 6.45) is 4.81. The van der Waals surface area contributed by atoms with Crippen LogP contribution in [-0.2, 0) is 11.3 Å². The summed E-state index contributed by atoms with van der Waals surface area (Å²) in [5.41, 5.74) is 6.60. The molecule has 26 heavy (non-hydrogen) atoms. The average Bonchev–Trinajstić information content (AvgIpc) is 3.33. The van der Waals surface area contributed by atoms with Gasteiger partial charge in [-0.05, 0) is 31.2 Å². The highest BCUT2D eigenvalue weighted by Crippen LogP contribution is 2.29. The van der Waals surface area contributed by atoms with Crippen molar-refractivity contribution in [3.05, 3.63) is 23.9 Å². The molecule has 144 valence electrons. The van der Waals surface area contributed by atoms with Gasteiger partial charge in [-0.1, -0.05) is 13.0 Å². The van der Waals surface area contributed by atoms with E-state index < -0.39 is 0 Å². The third kappa shape index (κ3) is 5.21. The predicted octanol–water partition coefficient (Wildman–Crippen LogP) is 1.47. The second-order valence-electron chi connectivity index (χ2n) is 7.06. The second-order valence-corrected chi connectivity index (χ2v) is 7.06. The Kier molecular flexibility index (Phi) is 7.48. The molecule has 7 nitrogen and oxygen atoms in total. The first kappa shape index (κ1) is 20.7. The van der Waals surface area contributed by atoms with Gasteiger partial charge in [0.05, 0.1) is 5.92 Å². The summed E-state index contributed by atoms with van der Waals surface area (Å²) in [4.78, 5) is 22.6. The SMILES string of the molecule is CN=C(NCc1cccnc1N1CCCC(C(N)=O)C1)NC1CC1C.I. The molecule has 2 aliphatic rings. The Morgan fingerprint density at radius 1 is 1.50 bits per heavy atom. The van der Waals surface area contributed by atoms with Crippen molar-refractivity contribution in [3.63, 3.8) is 0 Å². The molecule has 3 unspecified atom stereocenters. The molecule has 4 N–H and O–H groups in total. The topological polar surface area (TPSA) is 95.6 Å². The second kappa shape index (κ2) is 9.38. The summed E-state index contributed by atoms with van der Waals surface area (Å²) in [6, 6.07) is 4.53. The Bertz CT molecular complexity index is 652. The van der Waals surface area contributed by atoms with Gasteiger partial charge < -0.3 is 21.3 Å². The number of carbonyl (C=O) groups is 1. The Balaban J connectivity index is 0.00000243. The molecule has 1 saturated carbocycles. The van der Waals surface area contributed by atoms with Crippen molar-refractivity contribution in [1.82, 2.24) is 15.6 Å². The van der Waals surface area contributed by atoms with E-state index in [0.717, 1.165) is 36.7 Å². The molecule has 1 saturated heterocycles. The van der Waals surface area contributed by atoms with E-state index in [0.29, 0.717) is 25.0 Å². The molecule has 0 aromatic carbocycles. The summed E-state index contributed by atoms with van der Waals surface area (Å²) < 4.78 is 0. The fraction of sp³-hybridized carbons (Fsp3) is 0.611. The van der Waals surface area contributed by atoms with E-state index in [2.05, 4.69) is 38.5 Å². The molecule has 8 heteroatoms. The monoisotopic (exact) mass is 472 g/mol. The lowest BCUT2D eigenvalue weighted by atomic mass is 9.97. The van der Waals surface area contributed by atoms with Crippen LogP contribution < -0.4 is 21.3 Å². The molecular formula is C18H29IN6O. The van der Waals surface area contributed by atoms with Crippen molar-refractivity contribution in [2.24, 2.45) is 22.6 Å². The van der Waals surface area contributed by atoms with Gasteiger partial charge in [0, 0.05) is 44.5 Å². The molecule has 0 bridgehead atoms. The van der Waals surface area contributed by atoms with Crippen LogP contribution in [0, 0.1) is 11.8 Å². The fourth-order valence-electron chi connectivity index (χ4n) is 3.33. The van der Waals surface area contributed by atoms with Gasteiger partial charge >= 0.3 is 0 Å². The van der Waals surface area contributed by atoms with Crippen LogP contribution in [0.1, 0.15) is 31.7 Å². The standard InChI is InChI=1S/C18H28N6O.HI/c1-12-9-15(12)23-18(20-2)22-10-13-5-3-7-21-17(13)24-8-4-6-14(11-24)16(19)25;/h3,5,7,12,14-15H,4,6,8-11H2,1-2H3,(H2,19,25)(H2,20,22,23);1H. The molecule has 1 amide bonds. The molecule has 0 spiro atoms. The Labute approximate surface area is 172 Å². The number of aliphatic imine (C=N–C) groups is 1. The first-order valence-electron chi connectivity index (χ1n) is 9.03. The number of guanidine groups is 1. The van der Waals surface area contributed by atoms with Crippen LogP contribution >= 0.6 is 24.0 Å². The number of carbonyl (C=O) groups excluding carboxylic acids is 1. The Hall–Kier alpha value is -1.58. The summed E-state index contributed by atoms with van der Waals surface area (Å²) in [7, 11) is 1.79. The van der Waals surface area contributed by atoms with E-state index in [1.54, 1.807) is 13.2 Å². The smallest absolute Gasteiger partial charge is 0.222 e. The number of aromatic nitrogens is 1. The maximum absolute atomic E-state index is 11.5. The van der Waals surface area contributed by atoms with E-state index in [4.69, 9.17) is 5.73 Å². The van der Waals surface area contributed by atoms with Gasteiger partial charge in [0.15, 0.2) is 5.96 Å². The van der Waals surface area contributed by atoms with Gasteiger partial charge in [0.2, 0.25) is 5.91 Å². The van der Waals surface area contributed by atoms with Crippen LogP contribution in [-0.4, -0.2) is 43.0 Å². The normalized spacial score (nSPS) is 25.2. The first-order chi connectivity index (χ1) is 12.1. The average molecular weight is 472 g/mol. The molecule has 1 aliphatic heterocycles. The van der Waals surface area contributed by atoms with Crippen molar-refractivity contribution >= 4 is 41.7 Å². The van der Waals surface area contributed by atoms with Gasteiger partial charge in [-0.25, -0.2) is 4.98 Å². The number of anilines is 1. The third-order valence-electron chi connectivity index (χ3n) is 5.09. The number of nitrogens with zero attached hydrogens (tertiary/aromatic N) is 3. The van der Waals surface area contributed by atoms with E-state index in [9.17, 15) is 4.79 Å². The molecule has 2 fully saturated rings. The lowest BCUT2D eigenvalue weighted by Gasteiger charge is -2.33. The highest BCUT2D eigenvalue weighted by atomic mass is 127. The third-order valence-corrected chi connectivity index (χ3v) is 5.09. The summed E-state index contributed by atoms with van der Waals surface area (Å²) in [6.45, 7) is 4.42. The number of nitrogens with one attached hydrogen (secondary N) is 2. The minimum Gasteiger partial charge on any atom is -0.369 e. The molecule has 1 aliphatic carbocycles. The van der Waals surface area contributed by atoms with Crippen LogP contribution in [0.25, 0.3) is 0 Å². The summed E-state index contributed by atoms with van der Waals surface area (Å²) in [5, 5.41) is 6.80. The minimum atomic E-state index is -0.219. The Morgan fingerprint density at radius 3 is 2.92 bits per heavy atom. The fourth-order valence-corrected chi connectivity index (χ4v) is 3.33. The first-order valence-corrected chi connectivity index (χ1v) is 9.03. The molecule has 1 aromatic rings. The molecule has 0 radical (unpaired) electrons. The summed E-state index contributed by atoms with van der Waals surface area (Å²) in [5.74, 6) is 2.14. The van der Waals surface area contributed by atoms with Gasteiger partial charge in [-0.2, -0.15) is 0 Å². The zero-order valence-corrected chi connectivity index (χ0v) is 17.8. The van der Waals surface area contributed by atoms with E-state index >= 15 is 0 Å². The van der Waals surface area contributed by atoms with Gasteiger partial charge in [-0.3, -0.25) is 9.79 Å². The number of hydrogen-bond donors (Lipinski definition) is 3. The highest BCUT2D eigenvalue weighted by Gasteiger charge is 2.33. The van der Waals surface area contributed by atoms with Crippen LogP contribution in [0.3, 0.4) is 0 Å². The molecule has 3 rings (SSSR count). The van der Waals surface area contributed by atoms with E-state index in [1.165, 1.54) is 6.42 Å². The van der Waals surface area contributed by atoms with Crippen LogP contribution in [0.2, 0.25) is 0 Å². The number of halogens is 1. The number of hydrogen-bond acceptors (Lipinski definition) is 4. The quantitative estimate of drug-likeness (QED) is 0.343. The van der Waals surface area contributed by atoms with Gasteiger partial charge in [-0.15, -0.1) is 24.0 Å². The maximum atomic E-state index is 11.5. The molecular weight excluding hydrogens is 443 g/mol. The van der Waals surface area contributed by atoms with Gasteiger partial charge in [0.25, 0.3) is 0 Å². The number of piperidine rings is 1.